The molecule has 2 aromatic carbocycles. The molecule has 0 amide bonds. The maximum absolute atomic E-state index is 12.8. The first kappa shape index (κ1) is 22.5. The number of nitrogens with zero attached hydrogens (tertiary/aromatic N) is 2. The van der Waals surface area contributed by atoms with Crippen LogP contribution in [0.25, 0.3) is 11.3 Å². The van der Waals surface area contributed by atoms with E-state index in [0.29, 0.717) is 24.7 Å². The molecule has 0 radical (unpaired) electrons. The fourth-order valence-electron chi connectivity index (χ4n) is 2.97. The van der Waals surface area contributed by atoms with Crippen molar-refractivity contribution in [1.82, 2.24) is 14.3 Å². The van der Waals surface area contributed by atoms with Crippen molar-refractivity contribution in [1.29, 1.82) is 0 Å². The summed E-state index contributed by atoms with van der Waals surface area (Å²) in [5.41, 5.74) is 1.15. The Morgan fingerprint density at radius 1 is 1.00 bits per heavy atom. The molecule has 0 unspecified atom stereocenters. The largest absolute Gasteiger partial charge is 0.494 e. The van der Waals surface area contributed by atoms with Gasteiger partial charge in [-0.05, 0) is 26.0 Å². The second-order valence-corrected chi connectivity index (χ2v) is 8.28. The van der Waals surface area contributed by atoms with Gasteiger partial charge in [0.2, 0.25) is 10.0 Å². The zero-order valence-corrected chi connectivity index (χ0v) is 18.3. The summed E-state index contributed by atoms with van der Waals surface area (Å²) in [6.07, 6.45) is 1.42. The lowest BCUT2D eigenvalue weighted by atomic mass is 10.1. The highest BCUT2D eigenvalue weighted by Gasteiger charge is 2.20. The minimum absolute atomic E-state index is 0.0164. The number of hydrogen-bond donors (Lipinski definition) is 1. The van der Waals surface area contributed by atoms with Gasteiger partial charge in [0.25, 0.3) is 5.56 Å². The van der Waals surface area contributed by atoms with Crippen LogP contribution < -0.4 is 19.8 Å². The zero-order chi connectivity index (χ0) is 22.3. The quantitative estimate of drug-likeness (QED) is 0.517. The Morgan fingerprint density at radius 3 is 2.42 bits per heavy atom. The van der Waals surface area contributed by atoms with Gasteiger partial charge in [-0.25, -0.2) is 18.1 Å². The second-order valence-electron chi connectivity index (χ2n) is 6.54. The van der Waals surface area contributed by atoms with Gasteiger partial charge < -0.3 is 9.47 Å². The van der Waals surface area contributed by atoms with E-state index in [-0.39, 0.29) is 29.3 Å². The summed E-state index contributed by atoms with van der Waals surface area (Å²) >= 11 is 0. The lowest BCUT2D eigenvalue weighted by Crippen LogP contribution is -2.31. The summed E-state index contributed by atoms with van der Waals surface area (Å²) in [5, 5.41) is 0. The van der Waals surface area contributed by atoms with Crippen LogP contribution in [0.3, 0.4) is 0 Å². The van der Waals surface area contributed by atoms with Gasteiger partial charge in [-0.15, -0.1) is 0 Å². The van der Waals surface area contributed by atoms with Crippen LogP contribution in [0.2, 0.25) is 0 Å². The third kappa shape index (κ3) is 5.71. The summed E-state index contributed by atoms with van der Waals surface area (Å²) in [7, 11) is -3.85. The van der Waals surface area contributed by atoms with Gasteiger partial charge in [0, 0.05) is 30.8 Å². The molecule has 0 bridgehead atoms. The number of hydrogen-bond acceptors (Lipinski definition) is 6. The first-order chi connectivity index (χ1) is 14.9. The number of ether oxygens (including phenoxy) is 2. The number of aromatic nitrogens is 2. The van der Waals surface area contributed by atoms with E-state index in [1.807, 2.05) is 37.3 Å². The van der Waals surface area contributed by atoms with Crippen molar-refractivity contribution >= 4 is 10.0 Å². The Labute approximate surface area is 181 Å². The Kier molecular flexibility index (Phi) is 7.43. The average Bonchev–Trinajstić information content (AvgIpc) is 2.76. The van der Waals surface area contributed by atoms with E-state index in [9.17, 15) is 13.2 Å². The zero-order valence-electron chi connectivity index (χ0n) is 17.4. The van der Waals surface area contributed by atoms with E-state index in [4.69, 9.17) is 9.47 Å². The van der Waals surface area contributed by atoms with Crippen LogP contribution in [-0.2, 0) is 16.6 Å². The minimum atomic E-state index is -3.85. The molecule has 164 valence electrons. The summed E-state index contributed by atoms with van der Waals surface area (Å²) < 4.78 is 40.3. The van der Waals surface area contributed by atoms with Crippen molar-refractivity contribution in [2.24, 2.45) is 0 Å². The molecule has 0 aliphatic heterocycles. The topological polar surface area (TPSA) is 99.5 Å². The maximum atomic E-state index is 12.8. The van der Waals surface area contributed by atoms with Crippen molar-refractivity contribution in [2.75, 3.05) is 19.8 Å². The van der Waals surface area contributed by atoms with E-state index in [0.717, 1.165) is 5.56 Å². The number of rotatable bonds is 10. The fraction of sp³-hybridized carbons (Fsp3) is 0.273. The van der Waals surface area contributed by atoms with Crippen molar-refractivity contribution in [3.63, 3.8) is 0 Å². The van der Waals surface area contributed by atoms with Crippen LogP contribution in [0.4, 0.5) is 0 Å². The van der Waals surface area contributed by atoms with Gasteiger partial charge in [-0.1, -0.05) is 30.3 Å². The normalized spacial score (nSPS) is 11.3. The molecule has 0 saturated heterocycles. The molecule has 0 atom stereocenters. The number of benzene rings is 2. The molecule has 1 N–H and O–H groups in total. The summed E-state index contributed by atoms with van der Waals surface area (Å²) in [6, 6.07) is 15.4. The van der Waals surface area contributed by atoms with Crippen LogP contribution in [0.15, 0.2) is 70.6 Å². The molecule has 0 fully saturated rings. The summed E-state index contributed by atoms with van der Waals surface area (Å²) in [4.78, 5) is 16.7. The number of nitrogens with one attached hydrogen (secondary N) is 1. The Balaban J connectivity index is 1.70. The molecular formula is C22H25N3O5S. The minimum Gasteiger partial charge on any atom is -0.494 e. The van der Waals surface area contributed by atoms with Crippen LogP contribution in [-0.4, -0.2) is 37.7 Å². The first-order valence-corrected chi connectivity index (χ1v) is 11.4. The van der Waals surface area contributed by atoms with Crippen molar-refractivity contribution in [3.8, 4) is 22.8 Å². The van der Waals surface area contributed by atoms with Gasteiger partial charge in [-0.3, -0.25) is 9.36 Å². The molecule has 0 saturated carbocycles. The van der Waals surface area contributed by atoms with Crippen molar-refractivity contribution < 1.29 is 17.9 Å². The predicted octanol–water partition coefficient (Wildman–Crippen LogP) is 2.69. The molecule has 31 heavy (non-hydrogen) atoms. The summed E-state index contributed by atoms with van der Waals surface area (Å²) in [5.74, 6) is 0.744. The van der Waals surface area contributed by atoms with E-state index >= 15 is 0 Å². The Hall–Kier alpha value is -3.17. The van der Waals surface area contributed by atoms with Gasteiger partial charge in [0.15, 0.2) is 0 Å². The molecule has 1 heterocycles. The third-order valence-electron chi connectivity index (χ3n) is 4.41. The Bertz CT molecular complexity index is 1180. The fourth-order valence-corrected chi connectivity index (χ4v) is 4.12. The van der Waals surface area contributed by atoms with E-state index < -0.39 is 10.0 Å². The van der Waals surface area contributed by atoms with Crippen molar-refractivity contribution in [2.45, 2.75) is 25.3 Å². The standard InChI is InChI=1S/C22H25N3O5S/c1-3-29-18-10-11-21(20(14-18)30-4-2)31(27,28)24-12-13-25-16-23-19(15-22(25)26)17-8-6-5-7-9-17/h5-11,14-16,24H,3-4,12-13H2,1-2H3. The molecule has 0 aliphatic rings. The van der Waals surface area contributed by atoms with Crippen LogP contribution >= 0.6 is 0 Å². The molecule has 3 aromatic rings. The highest BCUT2D eigenvalue weighted by molar-refractivity contribution is 7.89. The smallest absolute Gasteiger partial charge is 0.253 e. The SMILES string of the molecule is CCOc1ccc(S(=O)(=O)NCCn2cnc(-c3ccccc3)cc2=O)c(OCC)c1. The molecule has 1 aromatic heterocycles. The van der Waals surface area contributed by atoms with Crippen LogP contribution in [0.5, 0.6) is 11.5 Å². The van der Waals surface area contributed by atoms with Crippen LogP contribution in [0.1, 0.15) is 13.8 Å². The molecule has 8 nitrogen and oxygen atoms in total. The summed E-state index contributed by atoms with van der Waals surface area (Å²) in [6.45, 7) is 4.55. The molecular weight excluding hydrogens is 418 g/mol. The van der Waals surface area contributed by atoms with E-state index in [1.54, 1.807) is 19.1 Å². The van der Waals surface area contributed by atoms with Crippen molar-refractivity contribution in [3.05, 3.63) is 71.3 Å². The predicted molar refractivity (Wildman–Crippen MR) is 118 cm³/mol. The van der Waals surface area contributed by atoms with Gasteiger partial charge in [-0.2, -0.15) is 0 Å². The van der Waals surface area contributed by atoms with E-state index in [2.05, 4.69) is 9.71 Å². The lowest BCUT2D eigenvalue weighted by molar-refractivity contribution is 0.317. The van der Waals surface area contributed by atoms with Gasteiger partial charge >= 0.3 is 0 Å². The average molecular weight is 444 g/mol. The molecule has 3 rings (SSSR count). The molecule has 9 heteroatoms. The van der Waals surface area contributed by atoms with Gasteiger partial charge in [0.05, 0.1) is 25.2 Å². The highest BCUT2D eigenvalue weighted by Crippen LogP contribution is 2.28. The highest BCUT2D eigenvalue weighted by atomic mass is 32.2. The van der Waals surface area contributed by atoms with E-state index in [1.165, 1.54) is 23.0 Å². The number of sulfonamides is 1. The maximum Gasteiger partial charge on any atom is 0.253 e. The third-order valence-corrected chi connectivity index (χ3v) is 5.91. The Morgan fingerprint density at radius 2 is 1.74 bits per heavy atom. The monoisotopic (exact) mass is 443 g/mol. The molecule has 0 spiro atoms. The first-order valence-electron chi connectivity index (χ1n) is 9.95. The second kappa shape index (κ2) is 10.2. The molecule has 0 aliphatic carbocycles. The van der Waals surface area contributed by atoms with Crippen LogP contribution in [0, 0.1) is 0 Å². The van der Waals surface area contributed by atoms with Gasteiger partial charge in [0.1, 0.15) is 16.4 Å². The lowest BCUT2D eigenvalue weighted by Gasteiger charge is -2.14.